The molecule has 11 aromatic rings. The molecule has 0 bridgehead atoms. The molecule has 2 heterocycles. The zero-order chi connectivity index (χ0) is 35.6. The molecule has 0 unspecified atom stereocenters. The van der Waals surface area contributed by atoms with Gasteiger partial charge >= 0.3 is 0 Å². The first-order valence-corrected chi connectivity index (χ1v) is 18.4. The van der Waals surface area contributed by atoms with Crippen LogP contribution in [0.25, 0.3) is 110 Å². The third-order valence-corrected chi connectivity index (χ3v) is 10.9. The highest BCUT2D eigenvalue weighted by atomic mass is 16.3. The fourth-order valence-corrected chi connectivity index (χ4v) is 8.56. The van der Waals surface area contributed by atoms with Crippen LogP contribution >= 0.6 is 0 Å². The maximum Gasteiger partial charge on any atom is 0.147 e. The van der Waals surface area contributed by atoms with E-state index in [9.17, 15) is 0 Å². The number of fused-ring (bicyclic) bond motifs is 7. The molecule has 9 aromatic carbocycles. The Kier molecular flexibility index (Phi) is 6.90. The predicted octanol–water partition coefficient (Wildman–Crippen LogP) is 15.0. The highest BCUT2D eigenvalue weighted by Gasteiger charge is 2.25. The highest BCUT2D eigenvalue weighted by molar-refractivity contribution is 6.28. The molecule has 2 heteroatoms. The summed E-state index contributed by atoms with van der Waals surface area (Å²) in [6.07, 6.45) is 0. The average molecular weight is 689 g/mol. The summed E-state index contributed by atoms with van der Waals surface area (Å²) in [4.78, 5) is 0. The zero-order valence-corrected chi connectivity index (χ0v) is 29.3. The van der Waals surface area contributed by atoms with Crippen molar-refractivity contribution < 1.29 is 8.83 Å². The van der Waals surface area contributed by atoms with Gasteiger partial charge in [0, 0.05) is 21.9 Å². The van der Waals surface area contributed by atoms with Crippen LogP contribution in [0.15, 0.2) is 203 Å². The van der Waals surface area contributed by atoms with Crippen LogP contribution in [-0.4, -0.2) is 0 Å². The van der Waals surface area contributed by atoms with E-state index in [4.69, 9.17) is 8.83 Å². The van der Waals surface area contributed by atoms with E-state index < -0.39 is 0 Å². The van der Waals surface area contributed by atoms with Gasteiger partial charge in [-0.25, -0.2) is 0 Å². The van der Waals surface area contributed by atoms with Crippen LogP contribution in [0.1, 0.15) is 0 Å². The monoisotopic (exact) mass is 688 g/mol. The Hall–Kier alpha value is -7.16. The fourth-order valence-electron chi connectivity index (χ4n) is 8.56. The first-order chi connectivity index (χ1) is 26.8. The Labute approximate surface area is 312 Å². The van der Waals surface area contributed by atoms with Gasteiger partial charge in [-0.2, -0.15) is 0 Å². The maximum atomic E-state index is 6.95. The number of furan rings is 2. The SMILES string of the molecule is c1ccc(-c2cccc(-c3c4ccccc4c(-c4cccc5oc6c(ccc7oc(-c8ccccc8)c(-c8ccccc8)c76)c45)c4ccccc34)c2)cc1. The van der Waals surface area contributed by atoms with Crippen molar-refractivity contribution in [2.24, 2.45) is 0 Å². The van der Waals surface area contributed by atoms with Crippen LogP contribution in [-0.2, 0) is 0 Å². The van der Waals surface area contributed by atoms with E-state index in [1.807, 2.05) is 6.07 Å². The minimum atomic E-state index is 0.804. The number of benzene rings is 9. The maximum absolute atomic E-state index is 6.95. The molecule has 0 saturated carbocycles. The fraction of sp³-hybridized carbons (Fsp3) is 0. The molecule has 2 nitrogen and oxygen atoms in total. The summed E-state index contributed by atoms with van der Waals surface area (Å²) < 4.78 is 13.7. The summed E-state index contributed by atoms with van der Waals surface area (Å²) in [5, 5.41) is 8.01. The van der Waals surface area contributed by atoms with Gasteiger partial charge in [-0.15, -0.1) is 0 Å². The minimum absolute atomic E-state index is 0.804. The van der Waals surface area contributed by atoms with Crippen molar-refractivity contribution in [2.45, 2.75) is 0 Å². The normalized spacial score (nSPS) is 11.7. The molecular weight excluding hydrogens is 657 g/mol. The summed E-state index contributed by atoms with van der Waals surface area (Å²) in [7, 11) is 0. The number of hydrogen-bond acceptors (Lipinski definition) is 2. The van der Waals surface area contributed by atoms with Gasteiger partial charge in [-0.05, 0) is 84.8 Å². The van der Waals surface area contributed by atoms with E-state index in [0.29, 0.717) is 0 Å². The van der Waals surface area contributed by atoms with E-state index in [2.05, 4.69) is 188 Å². The Morgan fingerprint density at radius 2 is 0.796 bits per heavy atom. The van der Waals surface area contributed by atoms with Crippen LogP contribution in [0.5, 0.6) is 0 Å². The Morgan fingerprint density at radius 1 is 0.278 bits per heavy atom. The molecule has 2 aromatic heterocycles. The molecule has 54 heavy (non-hydrogen) atoms. The molecule has 0 saturated heterocycles. The summed E-state index contributed by atoms with van der Waals surface area (Å²) in [6.45, 7) is 0. The molecule has 0 N–H and O–H groups in total. The van der Waals surface area contributed by atoms with E-state index in [1.165, 1.54) is 49.4 Å². The van der Waals surface area contributed by atoms with E-state index in [1.54, 1.807) is 0 Å². The zero-order valence-electron chi connectivity index (χ0n) is 29.3. The third kappa shape index (κ3) is 4.67. The largest absolute Gasteiger partial charge is 0.455 e. The summed E-state index contributed by atoms with van der Waals surface area (Å²) in [5.41, 5.74) is 12.9. The lowest BCUT2D eigenvalue weighted by Crippen LogP contribution is -1.91. The van der Waals surface area contributed by atoms with Crippen molar-refractivity contribution in [3.63, 3.8) is 0 Å². The molecule has 0 aliphatic heterocycles. The van der Waals surface area contributed by atoms with Crippen molar-refractivity contribution in [3.8, 4) is 55.8 Å². The second-order valence-electron chi connectivity index (χ2n) is 13.9. The standard InChI is InChI=1S/C52H32O2/c1-4-16-33(17-5-1)36-22-14-23-37(32-36)46-38-24-10-12-26-40(38)48(41-27-13-11-25-39(41)46)42-28-15-29-44-49(42)43-30-31-45-50(52(43)54-44)47(34-18-6-2-7-19-34)51(53-45)35-20-8-3-9-21-35/h1-32H. The number of hydrogen-bond donors (Lipinski definition) is 0. The molecule has 11 rings (SSSR count). The lowest BCUT2D eigenvalue weighted by Gasteiger charge is -2.18. The van der Waals surface area contributed by atoms with Crippen LogP contribution in [0.3, 0.4) is 0 Å². The summed E-state index contributed by atoms with van der Waals surface area (Å²) in [5.74, 6) is 0.842. The molecule has 0 aliphatic rings. The predicted molar refractivity (Wildman–Crippen MR) is 226 cm³/mol. The molecule has 0 aliphatic carbocycles. The van der Waals surface area contributed by atoms with Gasteiger partial charge in [0.25, 0.3) is 0 Å². The van der Waals surface area contributed by atoms with Crippen molar-refractivity contribution in [1.29, 1.82) is 0 Å². The molecule has 0 spiro atoms. The van der Waals surface area contributed by atoms with Gasteiger partial charge in [-0.3, -0.25) is 0 Å². The van der Waals surface area contributed by atoms with Crippen molar-refractivity contribution >= 4 is 54.5 Å². The van der Waals surface area contributed by atoms with E-state index in [0.717, 1.165) is 60.9 Å². The first kappa shape index (κ1) is 30.5. The van der Waals surface area contributed by atoms with Crippen molar-refractivity contribution in [2.75, 3.05) is 0 Å². The van der Waals surface area contributed by atoms with Gasteiger partial charge in [-0.1, -0.05) is 170 Å². The highest BCUT2D eigenvalue weighted by Crippen LogP contribution is 2.50. The molecule has 0 atom stereocenters. The summed E-state index contributed by atoms with van der Waals surface area (Å²) >= 11 is 0. The quantitative estimate of drug-likeness (QED) is 0.168. The lowest BCUT2D eigenvalue weighted by molar-refractivity contribution is 0.631. The second-order valence-corrected chi connectivity index (χ2v) is 13.9. The molecule has 252 valence electrons. The van der Waals surface area contributed by atoms with Gasteiger partial charge in [0.2, 0.25) is 0 Å². The van der Waals surface area contributed by atoms with Gasteiger partial charge in [0.05, 0.1) is 5.39 Å². The molecule has 0 radical (unpaired) electrons. The second kappa shape index (κ2) is 12.2. The van der Waals surface area contributed by atoms with Crippen LogP contribution in [0.4, 0.5) is 0 Å². The van der Waals surface area contributed by atoms with Crippen LogP contribution < -0.4 is 0 Å². The smallest absolute Gasteiger partial charge is 0.147 e. The van der Waals surface area contributed by atoms with E-state index in [-0.39, 0.29) is 0 Å². The van der Waals surface area contributed by atoms with Crippen molar-refractivity contribution in [1.82, 2.24) is 0 Å². The average Bonchev–Trinajstić information content (AvgIpc) is 3.83. The van der Waals surface area contributed by atoms with Crippen molar-refractivity contribution in [3.05, 3.63) is 194 Å². The third-order valence-electron chi connectivity index (χ3n) is 10.9. The minimum Gasteiger partial charge on any atom is -0.455 e. The molecule has 0 fully saturated rings. The Balaban J connectivity index is 1.21. The Morgan fingerprint density at radius 3 is 1.46 bits per heavy atom. The topological polar surface area (TPSA) is 26.3 Å². The van der Waals surface area contributed by atoms with Gasteiger partial charge in [0.1, 0.15) is 22.5 Å². The summed E-state index contributed by atoms with van der Waals surface area (Å²) in [6, 6.07) is 69.0. The first-order valence-electron chi connectivity index (χ1n) is 18.4. The Bertz CT molecular complexity index is 3130. The van der Waals surface area contributed by atoms with E-state index >= 15 is 0 Å². The molecule has 0 amide bonds. The number of rotatable bonds is 5. The van der Waals surface area contributed by atoms with Crippen LogP contribution in [0.2, 0.25) is 0 Å². The molecular formula is C52H32O2. The van der Waals surface area contributed by atoms with Gasteiger partial charge < -0.3 is 8.83 Å². The van der Waals surface area contributed by atoms with Crippen LogP contribution in [0, 0.1) is 0 Å². The lowest BCUT2D eigenvalue weighted by atomic mass is 9.84. The van der Waals surface area contributed by atoms with Gasteiger partial charge in [0.15, 0.2) is 0 Å².